The van der Waals surface area contributed by atoms with E-state index in [0.717, 1.165) is 0 Å². The number of aromatic nitrogens is 1. The second-order valence-electron chi connectivity index (χ2n) is 8.49. The lowest BCUT2D eigenvalue weighted by atomic mass is 9.81. The van der Waals surface area contributed by atoms with Crippen LogP contribution in [0.1, 0.15) is 48.3 Å². The maximum absolute atomic E-state index is 13.0. The van der Waals surface area contributed by atoms with Crippen molar-refractivity contribution in [2.75, 3.05) is 25.6 Å². The molecule has 1 aliphatic rings. The van der Waals surface area contributed by atoms with Gasteiger partial charge in [-0.2, -0.15) is 4.37 Å². The van der Waals surface area contributed by atoms with E-state index < -0.39 is 28.9 Å². The molecule has 1 aromatic heterocycles. The lowest BCUT2D eigenvalue weighted by Crippen LogP contribution is -2.25. The van der Waals surface area contributed by atoms with E-state index in [9.17, 15) is 19.7 Å². The number of rotatable bonds is 10. The summed E-state index contributed by atoms with van der Waals surface area (Å²) in [5, 5.41) is 15.4. The van der Waals surface area contributed by atoms with Gasteiger partial charge in [0.05, 0.1) is 29.4 Å². The van der Waals surface area contributed by atoms with E-state index in [1.807, 2.05) is 18.2 Å². The number of carbonyl (C=O) groups is 2. The highest BCUT2D eigenvalue weighted by Gasteiger charge is 2.37. The van der Waals surface area contributed by atoms with Gasteiger partial charge in [-0.25, -0.2) is 9.59 Å². The summed E-state index contributed by atoms with van der Waals surface area (Å²) in [4.78, 5) is 36.8. The number of hydrogen-bond acceptors (Lipinski definition) is 10. The Labute approximate surface area is 223 Å². The van der Waals surface area contributed by atoms with E-state index in [1.165, 1.54) is 30.8 Å². The van der Waals surface area contributed by atoms with Crippen molar-refractivity contribution >= 4 is 34.2 Å². The van der Waals surface area contributed by atoms with Crippen LogP contribution in [0.5, 0.6) is 0 Å². The summed E-state index contributed by atoms with van der Waals surface area (Å²) < 4.78 is 20.8. The topological polar surface area (TPSA) is 130 Å². The average Bonchev–Trinajstić information content (AvgIpc) is 3.31. The fraction of sp³-hybridized carbons (Fsp3) is 0.296. The molecule has 0 radical (unpaired) electrons. The Kier molecular flexibility index (Phi) is 8.49. The van der Waals surface area contributed by atoms with Gasteiger partial charge in [0.25, 0.3) is 5.69 Å². The summed E-state index contributed by atoms with van der Waals surface area (Å²) in [7, 11) is 1.44. The number of nitro groups is 1. The molecule has 1 unspecified atom stereocenters. The van der Waals surface area contributed by atoms with Crippen LogP contribution in [0.2, 0.25) is 0 Å². The second kappa shape index (κ2) is 12.0. The number of nitrogens with zero attached hydrogens (tertiary/aromatic N) is 2. The van der Waals surface area contributed by atoms with E-state index >= 15 is 0 Å². The van der Waals surface area contributed by atoms with Crippen LogP contribution in [0.25, 0.3) is 0 Å². The fourth-order valence-electron chi connectivity index (χ4n) is 4.45. The van der Waals surface area contributed by atoms with Crippen molar-refractivity contribution in [2.45, 2.75) is 32.3 Å². The Morgan fingerprint density at radius 1 is 1.16 bits per heavy atom. The van der Waals surface area contributed by atoms with Crippen LogP contribution in [-0.2, 0) is 30.2 Å². The number of benzene rings is 2. The van der Waals surface area contributed by atoms with Crippen molar-refractivity contribution in [1.82, 2.24) is 4.37 Å². The van der Waals surface area contributed by atoms with E-state index in [-0.39, 0.29) is 25.3 Å². The third-order valence-corrected chi connectivity index (χ3v) is 6.95. The predicted molar refractivity (Wildman–Crippen MR) is 141 cm³/mol. The SMILES string of the molecule is CCOC(=O)C1=C(C)Nc2snc(CCOC(=O)[C@@H](OC)c3ccccc3)c2C1c1cccc([N+](=O)[O-])c1. The zero-order valence-electron chi connectivity index (χ0n) is 21.1. The molecule has 3 aromatic rings. The Morgan fingerprint density at radius 3 is 2.61 bits per heavy atom. The monoisotopic (exact) mass is 537 g/mol. The van der Waals surface area contributed by atoms with Crippen molar-refractivity contribution < 1.29 is 28.7 Å². The average molecular weight is 538 g/mol. The first-order chi connectivity index (χ1) is 18.3. The smallest absolute Gasteiger partial charge is 0.339 e. The molecule has 0 amide bonds. The molecule has 0 fully saturated rings. The summed E-state index contributed by atoms with van der Waals surface area (Å²) in [6.45, 7) is 3.68. The summed E-state index contributed by atoms with van der Waals surface area (Å²) >= 11 is 1.21. The number of fused-ring (bicyclic) bond motifs is 1. The molecule has 0 aliphatic carbocycles. The number of allylic oxidation sites excluding steroid dienone is 1. The predicted octanol–water partition coefficient (Wildman–Crippen LogP) is 4.92. The molecule has 2 heterocycles. The van der Waals surface area contributed by atoms with Gasteiger partial charge < -0.3 is 19.5 Å². The molecule has 1 aliphatic heterocycles. The van der Waals surface area contributed by atoms with Gasteiger partial charge in [-0.1, -0.05) is 42.5 Å². The van der Waals surface area contributed by atoms with Crippen LogP contribution in [0.4, 0.5) is 10.7 Å². The van der Waals surface area contributed by atoms with Crippen molar-refractivity contribution in [2.24, 2.45) is 0 Å². The van der Waals surface area contributed by atoms with Crippen LogP contribution in [0, 0.1) is 10.1 Å². The molecule has 198 valence electrons. The second-order valence-corrected chi connectivity index (χ2v) is 9.26. The number of nitrogens with one attached hydrogen (secondary N) is 1. The van der Waals surface area contributed by atoms with Crippen LogP contribution in [-0.4, -0.2) is 41.6 Å². The number of carbonyl (C=O) groups excluding carboxylic acids is 2. The molecular weight excluding hydrogens is 510 g/mol. The van der Waals surface area contributed by atoms with Gasteiger partial charge in [0.2, 0.25) is 0 Å². The summed E-state index contributed by atoms with van der Waals surface area (Å²) in [5.41, 5.74) is 3.40. The maximum Gasteiger partial charge on any atom is 0.339 e. The molecular formula is C27H27N3O7S. The van der Waals surface area contributed by atoms with Crippen LogP contribution >= 0.6 is 11.5 Å². The number of methoxy groups -OCH3 is 1. The molecule has 0 spiro atoms. The van der Waals surface area contributed by atoms with Gasteiger partial charge in [0.1, 0.15) is 5.00 Å². The third kappa shape index (κ3) is 5.58. The van der Waals surface area contributed by atoms with Gasteiger partial charge in [0, 0.05) is 42.8 Å². The van der Waals surface area contributed by atoms with Gasteiger partial charge in [-0.05, 0) is 36.5 Å². The summed E-state index contributed by atoms with van der Waals surface area (Å²) in [6.07, 6.45) is -0.591. The third-order valence-electron chi connectivity index (χ3n) is 6.13. The number of nitro benzene ring substituents is 1. The molecule has 38 heavy (non-hydrogen) atoms. The van der Waals surface area contributed by atoms with Crippen molar-refractivity contribution in [3.05, 3.63) is 98.4 Å². The number of anilines is 1. The van der Waals surface area contributed by atoms with E-state index in [4.69, 9.17) is 14.2 Å². The number of ether oxygens (including phenoxy) is 3. The Morgan fingerprint density at radius 2 is 1.92 bits per heavy atom. The standard InChI is InChI=1S/C27H27N3O7S/c1-4-36-26(31)21-16(2)28-25-23(22(21)18-11-8-12-19(15-18)30(33)34)20(29-38-25)13-14-37-27(32)24(35-3)17-9-6-5-7-10-17/h5-12,15,22,24,28H,4,13-14H2,1-3H3/t22?,24-/m0/s1. The summed E-state index contributed by atoms with van der Waals surface area (Å²) in [6, 6.07) is 15.2. The Bertz CT molecular complexity index is 1370. The van der Waals surface area contributed by atoms with Crippen LogP contribution in [0.15, 0.2) is 65.9 Å². The number of hydrogen-bond donors (Lipinski definition) is 1. The highest BCUT2D eigenvalue weighted by molar-refractivity contribution is 7.10. The van der Waals surface area contributed by atoms with Gasteiger partial charge in [-0.15, -0.1) is 0 Å². The molecule has 4 rings (SSSR count). The molecule has 1 N–H and O–H groups in total. The largest absolute Gasteiger partial charge is 0.463 e. The first-order valence-electron chi connectivity index (χ1n) is 12.0. The fourth-order valence-corrected chi connectivity index (χ4v) is 5.37. The van der Waals surface area contributed by atoms with Crippen molar-refractivity contribution in [3.63, 3.8) is 0 Å². The molecule has 0 saturated heterocycles. The zero-order chi connectivity index (χ0) is 27.2. The quantitative estimate of drug-likeness (QED) is 0.218. The lowest BCUT2D eigenvalue weighted by molar-refractivity contribution is -0.384. The zero-order valence-corrected chi connectivity index (χ0v) is 21.9. The first-order valence-corrected chi connectivity index (χ1v) is 12.7. The number of esters is 2. The van der Waals surface area contributed by atoms with Gasteiger partial charge in [0.15, 0.2) is 6.10 Å². The van der Waals surface area contributed by atoms with E-state index in [1.54, 1.807) is 38.1 Å². The molecule has 0 bridgehead atoms. The minimum atomic E-state index is -0.860. The van der Waals surface area contributed by atoms with Gasteiger partial charge in [-0.3, -0.25) is 10.1 Å². The van der Waals surface area contributed by atoms with Crippen LogP contribution < -0.4 is 5.32 Å². The van der Waals surface area contributed by atoms with Gasteiger partial charge >= 0.3 is 11.9 Å². The minimum Gasteiger partial charge on any atom is -0.463 e. The normalized spacial score (nSPS) is 15.3. The summed E-state index contributed by atoms with van der Waals surface area (Å²) in [5.74, 6) is -1.70. The Balaban J connectivity index is 1.63. The molecule has 0 saturated carbocycles. The molecule has 2 aromatic carbocycles. The van der Waals surface area contributed by atoms with Crippen molar-refractivity contribution in [1.29, 1.82) is 0 Å². The number of non-ortho nitro benzene ring substituents is 1. The molecule has 11 heteroatoms. The van der Waals surface area contributed by atoms with E-state index in [0.29, 0.717) is 38.7 Å². The highest BCUT2D eigenvalue weighted by atomic mass is 32.1. The molecule has 2 atom stereocenters. The van der Waals surface area contributed by atoms with E-state index in [2.05, 4.69) is 9.69 Å². The molecule has 10 nitrogen and oxygen atoms in total. The highest BCUT2D eigenvalue weighted by Crippen LogP contribution is 2.46. The Hall–Kier alpha value is -4.09. The first kappa shape index (κ1) is 27.0. The van der Waals surface area contributed by atoms with Crippen LogP contribution in [0.3, 0.4) is 0 Å². The minimum absolute atomic E-state index is 0.0286. The maximum atomic E-state index is 13.0. The van der Waals surface area contributed by atoms with Crippen molar-refractivity contribution in [3.8, 4) is 0 Å². The lowest BCUT2D eigenvalue weighted by Gasteiger charge is -2.28.